The van der Waals surface area contributed by atoms with E-state index in [-0.39, 0.29) is 22.1 Å². The molecular weight excluding hydrogens is 457 g/mol. The molecule has 1 aliphatic rings. The van der Waals surface area contributed by atoms with E-state index in [0.29, 0.717) is 19.8 Å². The first-order chi connectivity index (χ1) is 16.3. The zero-order valence-corrected chi connectivity index (χ0v) is 19.6. The van der Waals surface area contributed by atoms with Gasteiger partial charge in [-0.05, 0) is 48.0 Å². The molecule has 0 atom stereocenters. The number of hydrogen-bond acceptors (Lipinski definition) is 5. The molecule has 0 radical (unpaired) electrons. The van der Waals surface area contributed by atoms with E-state index in [4.69, 9.17) is 4.74 Å². The number of anilines is 2. The van der Waals surface area contributed by atoms with Crippen molar-refractivity contribution in [3.8, 4) is 0 Å². The number of morpholine rings is 1. The molecule has 0 aromatic heterocycles. The zero-order chi connectivity index (χ0) is 24.1. The quantitative estimate of drug-likeness (QED) is 0.554. The normalized spacial score (nSPS) is 14.0. The van der Waals surface area contributed by atoms with Crippen LogP contribution in [0.1, 0.15) is 15.9 Å². The third-order valence-electron chi connectivity index (χ3n) is 5.62. The van der Waals surface area contributed by atoms with Crippen molar-refractivity contribution in [3.05, 3.63) is 89.7 Å². The Morgan fingerprint density at radius 3 is 2.38 bits per heavy atom. The molecule has 178 valence electrons. The molecule has 0 bridgehead atoms. The van der Waals surface area contributed by atoms with Gasteiger partial charge in [0.2, 0.25) is 0 Å². The highest BCUT2D eigenvalue weighted by molar-refractivity contribution is 7.92. The fourth-order valence-electron chi connectivity index (χ4n) is 3.87. The maximum atomic E-state index is 13.3. The summed E-state index contributed by atoms with van der Waals surface area (Å²) in [6, 6.07) is 18.9. The number of rotatable bonds is 7. The van der Waals surface area contributed by atoms with Gasteiger partial charge < -0.3 is 14.5 Å². The molecule has 1 N–H and O–H groups in total. The summed E-state index contributed by atoms with van der Waals surface area (Å²) >= 11 is 0. The minimum absolute atomic E-state index is 0.0936. The Kier molecular flexibility index (Phi) is 7.14. The van der Waals surface area contributed by atoms with Crippen LogP contribution in [0.25, 0.3) is 0 Å². The molecule has 3 aromatic rings. The average molecular weight is 484 g/mol. The molecule has 0 aliphatic carbocycles. The predicted octanol–water partition coefficient (Wildman–Crippen LogP) is 3.74. The van der Waals surface area contributed by atoms with E-state index >= 15 is 0 Å². The minimum Gasteiger partial charge on any atom is -0.378 e. The second-order valence-electron chi connectivity index (χ2n) is 7.99. The lowest BCUT2D eigenvalue weighted by Gasteiger charge is -2.31. The van der Waals surface area contributed by atoms with Gasteiger partial charge in [0.05, 0.1) is 29.4 Å². The number of sulfonamides is 1. The van der Waals surface area contributed by atoms with E-state index < -0.39 is 15.8 Å². The van der Waals surface area contributed by atoms with E-state index in [0.717, 1.165) is 36.5 Å². The van der Waals surface area contributed by atoms with Crippen molar-refractivity contribution in [3.63, 3.8) is 0 Å². The number of nitrogens with one attached hydrogen (secondary N) is 1. The highest BCUT2D eigenvalue weighted by atomic mass is 32.2. The van der Waals surface area contributed by atoms with Crippen LogP contribution in [0.15, 0.2) is 77.7 Å². The molecule has 34 heavy (non-hydrogen) atoms. The van der Waals surface area contributed by atoms with Gasteiger partial charge in [0.1, 0.15) is 5.82 Å². The largest absolute Gasteiger partial charge is 0.378 e. The van der Waals surface area contributed by atoms with Crippen LogP contribution < -0.4 is 9.62 Å². The molecule has 7 nitrogen and oxygen atoms in total. The van der Waals surface area contributed by atoms with Gasteiger partial charge >= 0.3 is 0 Å². The van der Waals surface area contributed by atoms with Crippen molar-refractivity contribution in [2.24, 2.45) is 0 Å². The lowest BCUT2D eigenvalue weighted by molar-refractivity contribution is 0.0786. The van der Waals surface area contributed by atoms with E-state index in [2.05, 4.69) is 9.62 Å². The second kappa shape index (κ2) is 10.2. The van der Waals surface area contributed by atoms with Gasteiger partial charge in [0.25, 0.3) is 15.9 Å². The predicted molar refractivity (Wildman–Crippen MR) is 129 cm³/mol. The van der Waals surface area contributed by atoms with Crippen molar-refractivity contribution in [2.75, 3.05) is 43.0 Å². The fourth-order valence-corrected chi connectivity index (χ4v) is 4.95. The van der Waals surface area contributed by atoms with Gasteiger partial charge in [-0.2, -0.15) is 0 Å². The summed E-state index contributed by atoms with van der Waals surface area (Å²) in [5.41, 5.74) is 2.42. The first kappa shape index (κ1) is 23.7. The maximum absolute atomic E-state index is 13.3. The lowest BCUT2D eigenvalue weighted by atomic mass is 10.1. The molecule has 1 amide bonds. The van der Waals surface area contributed by atoms with E-state index in [1.807, 2.05) is 24.3 Å². The van der Waals surface area contributed by atoms with E-state index in [1.165, 1.54) is 18.2 Å². The van der Waals surface area contributed by atoms with Gasteiger partial charge in [-0.1, -0.05) is 30.3 Å². The SMILES string of the molecule is CN(Cc1ccccc1N1CCOCC1)C(=O)c1ccccc1NS(=O)(=O)c1ccc(F)cc1. The summed E-state index contributed by atoms with van der Waals surface area (Å²) < 4.78 is 46.7. The Morgan fingerprint density at radius 2 is 1.65 bits per heavy atom. The standard InChI is InChI=1S/C25H26FN3O4S/c1-28(18-19-6-2-5-9-24(19)29-14-16-33-17-15-29)25(30)22-7-3-4-8-23(22)27-34(31,32)21-12-10-20(26)11-13-21/h2-13,27H,14-18H2,1H3. The molecule has 4 rings (SSSR count). The second-order valence-corrected chi connectivity index (χ2v) is 9.68. The maximum Gasteiger partial charge on any atom is 0.261 e. The summed E-state index contributed by atoms with van der Waals surface area (Å²) in [6.45, 7) is 3.23. The number of hydrogen-bond donors (Lipinski definition) is 1. The molecule has 0 saturated carbocycles. The number of nitrogens with zero attached hydrogens (tertiary/aromatic N) is 2. The molecule has 3 aromatic carbocycles. The molecule has 1 aliphatic heterocycles. The Hall–Kier alpha value is -3.43. The van der Waals surface area contributed by atoms with E-state index in [9.17, 15) is 17.6 Å². The summed E-state index contributed by atoms with van der Waals surface area (Å²) in [5, 5.41) is 0. The van der Waals surface area contributed by atoms with Gasteiger partial charge in [0, 0.05) is 32.4 Å². The Labute approximate surface area is 198 Å². The highest BCUT2D eigenvalue weighted by Crippen LogP contribution is 2.25. The fraction of sp³-hybridized carbons (Fsp3) is 0.240. The first-order valence-corrected chi connectivity index (χ1v) is 12.4. The number of halogens is 1. The number of amides is 1. The van der Waals surface area contributed by atoms with Crippen LogP contribution in [0.2, 0.25) is 0 Å². The monoisotopic (exact) mass is 483 g/mol. The highest BCUT2D eigenvalue weighted by Gasteiger charge is 2.22. The van der Waals surface area contributed by atoms with Crippen LogP contribution in [0.4, 0.5) is 15.8 Å². The Morgan fingerprint density at radius 1 is 1.00 bits per heavy atom. The Bertz CT molecular complexity index is 1260. The number of carbonyl (C=O) groups is 1. The van der Waals surface area contributed by atoms with Crippen LogP contribution >= 0.6 is 0 Å². The molecule has 1 fully saturated rings. The smallest absolute Gasteiger partial charge is 0.261 e. The number of benzene rings is 3. The van der Waals surface area contributed by atoms with Crippen molar-refractivity contribution >= 4 is 27.3 Å². The minimum atomic E-state index is -4.00. The van der Waals surface area contributed by atoms with Gasteiger partial charge in [-0.25, -0.2) is 12.8 Å². The van der Waals surface area contributed by atoms with Crippen LogP contribution in [0, 0.1) is 5.82 Å². The van der Waals surface area contributed by atoms with Crippen molar-refractivity contribution < 1.29 is 22.3 Å². The molecule has 0 spiro atoms. The topological polar surface area (TPSA) is 79.0 Å². The third kappa shape index (κ3) is 5.37. The number of carbonyl (C=O) groups excluding carboxylic acids is 1. The van der Waals surface area contributed by atoms with Crippen LogP contribution in [0.5, 0.6) is 0 Å². The van der Waals surface area contributed by atoms with Gasteiger partial charge in [0.15, 0.2) is 0 Å². The van der Waals surface area contributed by atoms with Crippen molar-refractivity contribution in [1.82, 2.24) is 4.90 Å². The number of para-hydroxylation sites is 2. The average Bonchev–Trinajstić information content (AvgIpc) is 2.85. The van der Waals surface area contributed by atoms with Crippen LogP contribution in [-0.2, 0) is 21.3 Å². The van der Waals surface area contributed by atoms with Gasteiger partial charge in [-0.15, -0.1) is 0 Å². The molecule has 1 heterocycles. The van der Waals surface area contributed by atoms with Crippen LogP contribution in [0.3, 0.4) is 0 Å². The lowest BCUT2D eigenvalue weighted by Crippen LogP contribution is -2.37. The molecule has 1 saturated heterocycles. The zero-order valence-electron chi connectivity index (χ0n) is 18.8. The third-order valence-corrected chi connectivity index (χ3v) is 7.00. The van der Waals surface area contributed by atoms with Crippen molar-refractivity contribution in [2.45, 2.75) is 11.4 Å². The van der Waals surface area contributed by atoms with Crippen molar-refractivity contribution in [1.29, 1.82) is 0 Å². The summed E-state index contributed by atoms with van der Waals surface area (Å²) in [5.74, 6) is -0.859. The molecular formula is C25H26FN3O4S. The summed E-state index contributed by atoms with van der Waals surface area (Å²) in [6.07, 6.45) is 0. The summed E-state index contributed by atoms with van der Waals surface area (Å²) in [7, 11) is -2.31. The molecule has 0 unspecified atom stereocenters. The summed E-state index contributed by atoms with van der Waals surface area (Å²) in [4.78, 5) is 17.0. The first-order valence-electron chi connectivity index (χ1n) is 10.9. The molecule has 9 heteroatoms. The Balaban J connectivity index is 1.55. The van der Waals surface area contributed by atoms with E-state index in [1.54, 1.807) is 30.1 Å². The van der Waals surface area contributed by atoms with Gasteiger partial charge in [-0.3, -0.25) is 9.52 Å². The number of ether oxygens (including phenoxy) is 1. The van der Waals surface area contributed by atoms with Crippen LogP contribution in [-0.4, -0.2) is 52.6 Å².